The van der Waals surface area contributed by atoms with Gasteiger partial charge in [-0.2, -0.15) is 0 Å². The number of aromatic nitrogens is 1. The molecule has 0 unspecified atom stereocenters. The molecule has 140 valence electrons. The van der Waals surface area contributed by atoms with Crippen LogP contribution in [-0.4, -0.2) is 65.3 Å². The van der Waals surface area contributed by atoms with Gasteiger partial charge in [-0.1, -0.05) is 31.7 Å². The number of likely N-dealkylation sites (N-methyl/N-ethyl adjacent to an activating group) is 1. The highest BCUT2D eigenvalue weighted by atomic mass is 16.3. The van der Waals surface area contributed by atoms with Gasteiger partial charge in [-0.25, -0.2) is 0 Å². The molecule has 4 heteroatoms. The molecule has 1 saturated carbocycles. The summed E-state index contributed by atoms with van der Waals surface area (Å²) in [6.07, 6.45) is 11.6. The van der Waals surface area contributed by atoms with Gasteiger partial charge in [0.1, 0.15) is 0 Å². The standard InChI is InChI=1S/C21H35N3O/c1-23(17-21(25)16-18-6-2-3-7-18)20-10-14-24(15-11-20)13-9-19-8-4-5-12-22-19/h4-5,8,12,18,20-21,25H,2-3,6-7,9-11,13-17H2,1H3/t21-/m0/s1. The van der Waals surface area contributed by atoms with Crippen molar-refractivity contribution in [3.8, 4) is 0 Å². The van der Waals surface area contributed by atoms with Crippen LogP contribution in [0, 0.1) is 5.92 Å². The first-order valence-electron chi connectivity index (χ1n) is 10.2. The van der Waals surface area contributed by atoms with Crippen LogP contribution in [0.2, 0.25) is 0 Å². The molecule has 1 atom stereocenters. The zero-order valence-electron chi connectivity index (χ0n) is 15.8. The molecule has 1 saturated heterocycles. The van der Waals surface area contributed by atoms with Gasteiger partial charge >= 0.3 is 0 Å². The molecule has 1 aromatic heterocycles. The lowest BCUT2D eigenvalue weighted by molar-refractivity contribution is 0.0617. The Morgan fingerprint density at radius 1 is 1.20 bits per heavy atom. The summed E-state index contributed by atoms with van der Waals surface area (Å²) in [4.78, 5) is 9.39. The van der Waals surface area contributed by atoms with Crippen LogP contribution in [0.15, 0.2) is 24.4 Å². The number of piperidine rings is 1. The molecular formula is C21H35N3O. The Kier molecular flexibility index (Phi) is 7.26. The molecule has 4 nitrogen and oxygen atoms in total. The van der Waals surface area contributed by atoms with Gasteiger partial charge in [0.05, 0.1) is 6.10 Å². The average molecular weight is 346 g/mol. The topological polar surface area (TPSA) is 39.6 Å². The van der Waals surface area contributed by atoms with Crippen molar-refractivity contribution in [2.24, 2.45) is 5.92 Å². The molecule has 1 N–H and O–H groups in total. The maximum absolute atomic E-state index is 10.4. The number of aliphatic hydroxyl groups excluding tert-OH is 1. The minimum Gasteiger partial charge on any atom is -0.392 e. The lowest BCUT2D eigenvalue weighted by Crippen LogP contribution is -2.46. The highest BCUT2D eigenvalue weighted by molar-refractivity contribution is 5.03. The second kappa shape index (κ2) is 9.65. The second-order valence-electron chi connectivity index (χ2n) is 8.12. The van der Waals surface area contributed by atoms with Crippen LogP contribution in [0.4, 0.5) is 0 Å². The molecule has 0 aromatic carbocycles. The summed E-state index contributed by atoms with van der Waals surface area (Å²) < 4.78 is 0. The first-order chi connectivity index (χ1) is 12.2. The minimum absolute atomic E-state index is 0.143. The average Bonchev–Trinajstić information content (AvgIpc) is 3.14. The van der Waals surface area contributed by atoms with Gasteiger partial charge in [-0.15, -0.1) is 0 Å². The molecule has 1 aromatic rings. The number of aliphatic hydroxyl groups is 1. The van der Waals surface area contributed by atoms with Gasteiger partial charge in [-0.3, -0.25) is 4.98 Å². The Labute approximate surface area is 153 Å². The van der Waals surface area contributed by atoms with E-state index >= 15 is 0 Å². The molecule has 2 aliphatic rings. The van der Waals surface area contributed by atoms with E-state index < -0.39 is 0 Å². The van der Waals surface area contributed by atoms with Crippen LogP contribution in [0.5, 0.6) is 0 Å². The van der Waals surface area contributed by atoms with Crippen molar-refractivity contribution in [1.82, 2.24) is 14.8 Å². The van der Waals surface area contributed by atoms with Crippen LogP contribution in [0.25, 0.3) is 0 Å². The molecule has 1 aliphatic carbocycles. The number of hydrogen-bond acceptors (Lipinski definition) is 4. The van der Waals surface area contributed by atoms with E-state index in [0.717, 1.165) is 31.8 Å². The van der Waals surface area contributed by atoms with E-state index in [1.807, 2.05) is 12.3 Å². The van der Waals surface area contributed by atoms with Crippen molar-refractivity contribution < 1.29 is 5.11 Å². The second-order valence-corrected chi connectivity index (χ2v) is 8.12. The summed E-state index contributed by atoms with van der Waals surface area (Å²) in [5.41, 5.74) is 1.19. The normalized spacial score (nSPS) is 21.9. The zero-order chi connectivity index (χ0) is 17.5. The van der Waals surface area contributed by atoms with Gasteiger partial charge in [0, 0.05) is 37.4 Å². The molecule has 0 radical (unpaired) electrons. The van der Waals surface area contributed by atoms with Crippen molar-refractivity contribution in [2.45, 2.75) is 63.5 Å². The summed E-state index contributed by atoms with van der Waals surface area (Å²) in [7, 11) is 2.20. The van der Waals surface area contributed by atoms with Gasteiger partial charge in [-0.05, 0) is 57.5 Å². The molecule has 3 rings (SSSR count). The smallest absolute Gasteiger partial charge is 0.0669 e. The Hall–Kier alpha value is -0.970. The van der Waals surface area contributed by atoms with Gasteiger partial charge < -0.3 is 14.9 Å². The van der Waals surface area contributed by atoms with Crippen molar-refractivity contribution >= 4 is 0 Å². The molecule has 0 bridgehead atoms. The highest BCUT2D eigenvalue weighted by Crippen LogP contribution is 2.29. The lowest BCUT2D eigenvalue weighted by Gasteiger charge is -2.37. The van der Waals surface area contributed by atoms with E-state index in [2.05, 4.69) is 34.0 Å². The number of likely N-dealkylation sites (tertiary alicyclic amines) is 1. The van der Waals surface area contributed by atoms with Crippen LogP contribution in [0.3, 0.4) is 0 Å². The SMILES string of the molecule is CN(C[C@@H](O)CC1CCCC1)C1CCN(CCc2ccccn2)CC1. The molecule has 2 fully saturated rings. The third-order valence-electron chi connectivity index (χ3n) is 6.17. The quantitative estimate of drug-likeness (QED) is 0.786. The summed E-state index contributed by atoms with van der Waals surface area (Å²) in [5.74, 6) is 0.775. The fourth-order valence-corrected chi connectivity index (χ4v) is 4.59. The zero-order valence-corrected chi connectivity index (χ0v) is 15.8. The van der Waals surface area contributed by atoms with E-state index in [1.54, 1.807) is 0 Å². The Bertz CT molecular complexity index is 481. The first-order valence-corrected chi connectivity index (χ1v) is 10.2. The third-order valence-corrected chi connectivity index (χ3v) is 6.17. The largest absolute Gasteiger partial charge is 0.392 e. The monoisotopic (exact) mass is 345 g/mol. The predicted octanol–water partition coefficient (Wildman–Crippen LogP) is 2.96. The fourth-order valence-electron chi connectivity index (χ4n) is 4.59. The molecule has 0 amide bonds. The lowest BCUT2D eigenvalue weighted by atomic mass is 9.98. The van der Waals surface area contributed by atoms with Gasteiger partial charge in [0.25, 0.3) is 0 Å². The van der Waals surface area contributed by atoms with E-state index in [9.17, 15) is 5.11 Å². The van der Waals surface area contributed by atoms with Crippen molar-refractivity contribution in [2.75, 3.05) is 33.2 Å². The predicted molar refractivity (Wildman–Crippen MR) is 103 cm³/mol. The van der Waals surface area contributed by atoms with E-state index in [1.165, 1.54) is 57.3 Å². The number of hydrogen-bond donors (Lipinski definition) is 1. The summed E-state index contributed by atoms with van der Waals surface area (Å²) >= 11 is 0. The van der Waals surface area contributed by atoms with E-state index in [0.29, 0.717) is 6.04 Å². The summed E-state index contributed by atoms with van der Waals surface area (Å²) in [6.45, 7) is 4.29. The van der Waals surface area contributed by atoms with E-state index in [-0.39, 0.29) is 6.10 Å². The van der Waals surface area contributed by atoms with Crippen LogP contribution >= 0.6 is 0 Å². The Morgan fingerprint density at radius 3 is 2.64 bits per heavy atom. The molecule has 1 aliphatic heterocycles. The minimum atomic E-state index is -0.143. The van der Waals surface area contributed by atoms with Crippen molar-refractivity contribution in [3.63, 3.8) is 0 Å². The summed E-state index contributed by atoms with van der Waals surface area (Å²) in [5, 5.41) is 10.4. The fraction of sp³-hybridized carbons (Fsp3) is 0.762. The van der Waals surface area contributed by atoms with Crippen LogP contribution < -0.4 is 0 Å². The summed E-state index contributed by atoms with van der Waals surface area (Å²) in [6, 6.07) is 6.79. The third kappa shape index (κ3) is 6.05. The molecule has 25 heavy (non-hydrogen) atoms. The number of pyridine rings is 1. The van der Waals surface area contributed by atoms with Gasteiger partial charge in [0.15, 0.2) is 0 Å². The van der Waals surface area contributed by atoms with Crippen LogP contribution in [0.1, 0.15) is 50.6 Å². The molecule has 2 heterocycles. The number of rotatable bonds is 8. The van der Waals surface area contributed by atoms with Gasteiger partial charge in [0.2, 0.25) is 0 Å². The highest BCUT2D eigenvalue weighted by Gasteiger charge is 2.25. The van der Waals surface area contributed by atoms with Crippen molar-refractivity contribution in [1.29, 1.82) is 0 Å². The molecule has 0 spiro atoms. The first kappa shape index (κ1) is 18.8. The maximum Gasteiger partial charge on any atom is 0.0669 e. The number of nitrogens with zero attached hydrogens (tertiary/aromatic N) is 3. The Morgan fingerprint density at radius 2 is 1.96 bits per heavy atom. The molecular weight excluding hydrogens is 310 g/mol. The Balaban J connectivity index is 1.33. The van der Waals surface area contributed by atoms with Crippen LogP contribution in [-0.2, 0) is 6.42 Å². The maximum atomic E-state index is 10.4. The van der Waals surface area contributed by atoms with E-state index in [4.69, 9.17) is 0 Å². The van der Waals surface area contributed by atoms with Crippen molar-refractivity contribution in [3.05, 3.63) is 30.1 Å².